The number of benzene rings is 2. The summed E-state index contributed by atoms with van der Waals surface area (Å²) < 4.78 is 0. The van der Waals surface area contributed by atoms with Gasteiger partial charge >= 0.3 is 0 Å². The number of fused-ring (bicyclic) bond motifs is 2. The number of nitrogens with zero attached hydrogens (tertiary/aromatic N) is 1. The lowest BCUT2D eigenvalue weighted by atomic mass is 9.98. The minimum atomic E-state index is -0.601. The van der Waals surface area contributed by atoms with E-state index in [9.17, 15) is 19.2 Å². The zero-order chi connectivity index (χ0) is 23.5. The Labute approximate surface area is 193 Å². The predicted octanol–water partition coefficient (Wildman–Crippen LogP) is 2.54. The lowest BCUT2D eigenvalue weighted by molar-refractivity contribution is -0.122. The van der Waals surface area contributed by atoms with Crippen LogP contribution in [0, 0.1) is 0 Å². The molecule has 0 saturated heterocycles. The first-order chi connectivity index (χ1) is 15.8. The maximum absolute atomic E-state index is 12.9. The Hall–Kier alpha value is -3.32. The average molecular weight is 448 g/mol. The third-order valence-electron chi connectivity index (χ3n) is 6.43. The van der Waals surface area contributed by atoms with Crippen molar-refractivity contribution in [1.82, 2.24) is 15.5 Å². The van der Waals surface area contributed by atoms with Crippen LogP contribution in [0.15, 0.2) is 36.4 Å². The molecule has 0 aromatic heterocycles. The second-order valence-corrected chi connectivity index (χ2v) is 8.88. The van der Waals surface area contributed by atoms with E-state index in [4.69, 9.17) is 0 Å². The van der Waals surface area contributed by atoms with Crippen LogP contribution in [0.3, 0.4) is 0 Å². The number of amides is 2. The third kappa shape index (κ3) is 5.03. The van der Waals surface area contributed by atoms with Crippen LogP contribution in [0.25, 0.3) is 0 Å². The van der Waals surface area contributed by atoms with Crippen LogP contribution in [0.4, 0.5) is 0 Å². The van der Waals surface area contributed by atoms with Crippen molar-refractivity contribution < 1.29 is 19.2 Å². The van der Waals surface area contributed by atoms with Crippen molar-refractivity contribution in [1.29, 1.82) is 0 Å². The summed E-state index contributed by atoms with van der Waals surface area (Å²) in [6, 6.07) is 10.7. The number of carbonyl (C=O) groups is 4. The molecule has 2 aromatic carbocycles. The Morgan fingerprint density at radius 2 is 1.88 bits per heavy atom. The fourth-order valence-corrected chi connectivity index (χ4v) is 4.58. The monoisotopic (exact) mass is 447 g/mol. The van der Waals surface area contributed by atoms with Gasteiger partial charge in [-0.05, 0) is 73.7 Å². The van der Waals surface area contributed by atoms with E-state index in [2.05, 4.69) is 10.6 Å². The molecule has 0 fully saturated rings. The Kier molecular flexibility index (Phi) is 6.70. The Morgan fingerprint density at radius 3 is 2.64 bits per heavy atom. The lowest BCUT2D eigenvalue weighted by Gasteiger charge is -2.25. The van der Waals surface area contributed by atoms with Crippen LogP contribution in [0.5, 0.6) is 0 Å². The molecule has 2 aliphatic heterocycles. The van der Waals surface area contributed by atoms with Crippen LogP contribution in [-0.2, 0) is 35.6 Å². The number of rotatable bonds is 8. The highest BCUT2D eigenvalue weighted by molar-refractivity contribution is 6.01. The summed E-state index contributed by atoms with van der Waals surface area (Å²) in [7, 11) is 0. The minimum absolute atomic E-state index is 0.00127. The number of ketones is 2. The zero-order valence-corrected chi connectivity index (χ0v) is 19.1. The molecule has 1 unspecified atom stereocenters. The Bertz CT molecular complexity index is 1120. The maximum atomic E-state index is 12.9. The van der Waals surface area contributed by atoms with Gasteiger partial charge in [0.05, 0.1) is 6.04 Å². The van der Waals surface area contributed by atoms with Crippen LogP contribution in [-0.4, -0.2) is 40.9 Å². The van der Waals surface area contributed by atoms with Crippen molar-refractivity contribution in [3.05, 3.63) is 69.8 Å². The number of Topliss-reactive ketones (excluding diaryl/α,β-unsaturated/α-hetero) is 2. The van der Waals surface area contributed by atoms with Gasteiger partial charge in [0.15, 0.2) is 5.78 Å². The third-order valence-corrected chi connectivity index (χ3v) is 6.43. The lowest BCUT2D eigenvalue weighted by Crippen LogP contribution is -2.40. The molecular weight excluding hydrogens is 418 g/mol. The van der Waals surface area contributed by atoms with Gasteiger partial charge in [-0.15, -0.1) is 0 Å². The summed E-state index contributed by atoms with van der Waals surface area (Å²) in [6.45, 7) is 5.35. The highest BCUT2D eigenvalue weighted by atomic mass is 16.2. The summed E-state index contributed by atoms with van der Waals surface area (Å²) in [6.07, 6.45) is 1.57. The first kappa shape index (κ1) is 22.9. The Morgan fingerprint density at radius 1 is 1.06 bits per heavy atom. The highest BCUT2D eigenvalue weighted by Crippen LogP contribution is 2.27. The maximum Gasteiger partial charge on any atom is 0.255 e. The molecule has 33 heavy (non-hydrogen) atoms. The van der Waals surface area contributed by atoms with Gasteiger partial charge in [0, 0.05) is 37.2 Å². The van der Waals surface area contributed by atoms with E-state index < -0.39 is 6.04 Å². The first-order valence-electron chi connectivity index (χ1n) is 11.4. The number of nitrogens with one attached hydrogen (secondary N) is 2. The fourth-order valence-electron chi connectivity index (χ4n) is 4.58. The van der Waals surface area contributed by atoms with Crippen molar-refractivity contribution >= 4 is 23.4 Å². The van der Waals surface area contributed by atoms with Crippen molar-refractivity contribution in [2.75, 3.05) is 6.54 Å². The van der Waals surface area contributed by atoms with Crippen molar-refractivity contribution in [2.24, 2.45) is 0 Å². The summed E-state index contributed by atoms with van der Waals surface area (Å²) in [5.74, 6) is -0.446. The van der Waals surface area contributed by atoms with E-state index in [1.807, 2.05) is 30.3 Å². The van der Waals surface area contributed by atoms with Crippen LogP contribution >= 0.6 is 0 Å². The topological polar surface area (TPSA) is 95.6 Å². The normalized spacial score (nSPS) is 15.6. The molecular formula is C26H29N3O4. The molecule has 0 spiro atoms. The van der Waals surface area contributed by atoms with E-state index in [0.717, 1.165) is 36.2 Å². The smallest absolute Gasteiger partial charge is 0.255 e. The molecule has 0 aliphatic carbocycles. The molecule has 1 atom stereocenters. The van der Waals surface area contributed by atoms with Crippen molar-refractivity contribution in [3.8, 4) is 0 Å². The Balaban J connectivity index is 1.42. The SMILES string of the molecule is CC(=O)CCC(C(C)=O)N1Cc2cc(CNC(=O)c3ccc4c(c3)CNCC4)ccc2C1=O. The van der Waals surface area contributed by atoms with Crippen LogP contribution in [0.1, 0.15) is 69.7 Å². The molecule has 2 aromatic rings. The average Bonchev–Trinajstić information content (AvgIpc) is 3.12. The molecule has 0 saturated carbocycles. The largest absolute Gasteiger partial charge is 0.348 e. The van der Waals surface area contributed by atoms with E-state index in [0.29, 0.717) is 30.6 Å². The van der Waals surface area contributed by atoms with E-state index in [1.165, 1.54) is 19.4 Å². The second kappa shape index (κ2) is 9.67. The van der Waals surface area contributed by atoms with Gasteiger partial charge < -0.3 is 20.3 Å². The predicted molar refractivity (Wildman–Crippen MR) is 124 cm³/mol. The van der Waals surface area contributed by atoms with Gasteiger partial charge in [-0.25, -0.2) is 0 Å². The molecule has 2 heterocycles. The standard InChI is InChI=1S/C26H29N3O4/c1-16(30)3-8-24(17(2)31)29-15-22-11-18(4-7-23(22)26(29)33)13-28-25(32)20-6-5-19-9-10-27-14-21(19)12-20/h4-7,11-12,24,27H,3,8-10,13-15H2,1-2H3,(H,28,32). The molecule has 7 heteroatoms. The molecule has 2 amide bonds. The number of carbonyl (C=O) groups excluding carboxylic acids is 4. The molecule has 7 nitrogen and oxygen atoms in total. The summed E-state index contributed by atoms with van der Waals surface area (Å²) in [5, 5.41) is 6.28. The molecule has 172 valence electrons. The molecule has 4 rings (SSSR count). The molecule has 2 aliphatic rings. The van der Waals surface area contributed by atoms with Gasteiger partial charge in [0.2, 0.25) is 0 Å². The summed E-state index contributed by atoms with van der Waals surface area (Å²) in [5.41, 5.74) is 5.37. The van der Waals surface area contributed by atoms with Crippen LogP contribution < -0.4 is 10.6 Å². The first-order valence-corrected chi connectivity index (χ1v) is 11.4. The van der Waals surface area contributed by atoms with Gasteiger partial charge in [-0.2, -0.15) is 0 Å². The highest BCUT2D eigenvalue weighted by Gasteiger charge is 2.34. The van der Waals surface area contributed by atoms with Gasteiger partial charge in [0.1, 0.15) is 5.78 Å². The summed E-state index contributed by atoms with van der Waals surface area (Å²) >= 11 is 0. The van der Waals surface area contributed by atoms with E-state index in [-0.39, 0.29) is 29.8 Å². The molecule has 2 N–H and O–H groups in total. The van der Waals surface area contributed by atoms with Gasteiger partial charge in [0.25, 0.3) is 11.8 Å². The van der Waals surface area contributed by atoms with Gasteiger partial charge in [-0.3, -0.25) is 14.4 Å². The quantitative estimate of drug-likeness (QED) is 0.649. The second-order valence-electron chi connectivity index (χ2n) is 8.88. The number of hydrogen-bond acceptors (Lipinski definition) is 5. The summed E-state index contributed by atoms with van der Waals surface area (Å²) in [4.78, 5) is 50.6. The van der Waals surface area contributed by atoms with Crippen LogP contribution in [0.2, 0.25) is 0 Å². The van der Waals surface area contributed by atoms with Crippen molar-refractivity contribution in [3.63, 3.8) is 0 Å². The molecule has 0 radical (unpaired) electrons. The van der Waals surface area contributed by atoms with Gasteiger partial charge in [-0.1, -0.05) is 18.2 Å². The van der Waals surface area contributed by atoms with E-state index in [1.54, 1.807) is 11.0 Å². The minimum Gasteiger partial charge on any atom is -0.348 e. The fraction of sp³-hybridized carbons (Fsp3) is 0.385. The van der Waals surface area contributed by atoms with E-state index >= 15 is 0 Å². The number of hydrogen-bond donors (Lipinski definition) is 2. The van der Waals surface area contributed by atoms with Crippen molar-refractivity contribution in [2.45, 2.75) is 58.8 Å². The molecule has 0 bridgehead atoms. The zero-order valence-electron chi connectivity index (χ0n) is 19.1.